The normalized spacial score (nSPS) is 13.2. The smallest absolute Gasteiger partial charge is 0.357 e. The van der Waals surface area contributed by atoms with Gasteiger partial charge in [-0.05, 0) is 44.1 Å². The topological polar surface area (TPSA) is 49.4 Å². The Bertz CT molecular complexity index is 343. The molecule has 1 rings (SSSR count). The molecule has 0 N–H and O–H groups in total. The summed E-state index contributed by atoms with van der Waals surface area (Å²) >= 11 is -1.32. The van der Waals surface area contributed by atoms with Crippen molar-refractivity contribution in [1.29, 1.82) is 0 Å². The summed E-state index contributed by atoms with van der Waals surface area (Å²) < 4.78 is 16.8. The minimum absolute atomic E-state index is 0.0959. The second-order valence-corrected chi connectivity index (χ2v) is 5.84. The van der Waals surface area contributed by atoms with Crippen LogP contribution in [0.4, 0.5) is 0 Å². The van der Waals surface area contributed by atoms with E-state index in [9.17, 15) is 9.35 Å². The first-order valence-corrected chi connectivity index (χ1v) is 6.36. The molecular formula is C12H16O3S. The van der Waals surface area contributed by atoms with Gasteiger partial charge in [0.25, 0.3) is 0 Å². The zero-order valence-electron chi connectivity index (χ0n) is 9.73. The highest BCUT2D eigenvalue weighted by atomic mass is 32.2. The molecule has 0 aliphatic rings. The molecule has 0 heterocycles. The van der Waals surface area contributed by atoms with Gasteiger partial charge in [0.05, 0.1) is 0 Å². The number of carbonyl (C=O) groups is 1. The molecule has 16 heavy (non-hydrogen) atoms. The molecule has 1 unspecified atom stereocenters. The predicted octanol–water partition coefficient (Wildman–Crippen LogP) is 2.14. The van der Waals surface area contributed by atoms with Crippen LogP contribution in [0, 0.1) is 0 Å². The number of esters is 1. The number of hydrogen-bond acceptors (Lipinski definition) is 3. The lowest BCUT2D eigenvalue weighted by molar-refractivity contribution is -0.151. The van der Waals surface area contributed by atoms with Crippen molar-refractivity contribution in [3.05, 3.63) is 30.3 Å². The molecule has 0 aliphatic carbocycles. The third-order valence-corrected chi connectivity index (χ3v) is 2.97. The molecule has 0 aromatic heterocycles. The van der Waals surface area contributed by atoms with Gasteiger partial charge >= 0.3 is 5.97 Å². The highest BCUT2D eigenvalue weighted by Gasteiger charge is 2.22. The molecule has 0 spiro atoms. The predicted molar refractivity (Wildman–Crippen MR) is 63.6 cm³/mol. The zero-order valence-corrected chi connectivity index (χ0v) is 10.5. The van der Waals surface area contributed by atoms with Crippen molar-refractivity contribution in [2.75, 3.05) is 5.75 Å². The van der Waals surface area contributed by atoms with E-state index in [0.29, 0.717) is 4.90 Å². The molecule has 0 aliphatic heterocycles. The first-order valence-electron chi connectivity index (χ1n) is 5.04. The minimum Gasteiger partial charge on any atom is -0.611 e. The average molecular weight is 240 g/mol. The molecule has 1 aromatic carbocycles. The van der Waals surface area contributed by atoms with Gasteiger partial charge in [-0.3, -0.25) is 0 Å². The van der Waals surface area contributed by atoms with Crippen LogP contribution >= 0.6 is 0 Å². The summed E-state index contributed by atoms with van der Waals surface area (Å²) in [5, 5.41) is 0. The summed E-state index contributed by atoms with van der Waals surface area (Å²) in [7, 11) is 0. The maximum Gasteiger partial charge on any atom is 0.357 e. The molecule has 88 valence electrons. The van der Waals surface area contributed by atoms with Gasteiger partial charge in [-0.1, -0.05) is 18.2 Å². The molecule has 3 nitrogen and oxygen atoms in total. The van der Waals surface area contributed by atoms with E-state index in [-0.39, 0.29) is 5.75 Å². The van der Waals surface area contributed by atoms with Gasteiger partial charge in [0, 0.05) is 0 Å². The van der Waals surface area contributed by atoms with E-state index in [2.05, 4.69) is 0 Å². The maximum atomic E-state index is 11.8. The quantitative estimate of drug-likeness (QED) is 0.600. The van der Waals surface area contributed by atoms with Crippen LogP contribution in [-0.2, 0) is 20.7 Å². The largest absolute Gasteiger partial charge is 0.611 e. The summed E-state index contributed by atoms with van der Waals surface area (Å²) in [5.74, 6) is -0.531. The van der Waals surface area contributed by atoms with Crippen LogP contribution in [-0.4, -0.2) is 21.9 Å². The Hall–Kier alpha value is -1.00. The summed E-state index contributed by atoms with van der Waals surface area (Å²) in [6, 6.07) is 8.90. The fraction of sp³-hybridized carbons (Fsp3) is 0.417. The molecule has 0 radical (unpaired) electrons. The van der Waals surface area contributed by atoms with Crippen LogP contribution in [0.3, 0.4) is 0 Å². The first-order chi connectivity index (χ1) is 7.38. The van der Waals surface area contributed by atoms with E-state index in [1.807, 2.05) is 6.07 Å². The van der Waals surface area contributed by atoms with Gasteiger partial charge in [-0.15, -0.1) is 0 Å². The second-order valence-electron chi connectivity index (χ2n) is 4.39. The van der Waals surface area contributed by atoms with Crippen LogP contribution in [0.1, 0.15) is 20.8 Å². The number of carbonyl (C=O) groups excluding carboxylic acids is 1. The summed E-state index contributed by atoms with van der Waals surface area (Å²) in [6.07, 6.45) is 0. The molecular weight excluding hydrogens is 224 g/mol. The van der Waals surface area contributed by atoms with E-state index >= 15 is 0 Å². The number of ether oxygens (including phenoxy) is 1. The van der Waals surface area contributed by atoms with Crippen molar-refractivity contribution < 1.29 is 14.1 Å². The van der Waals surface area contributed by atoms with Gasteiger partial charge in [-0.2, -0.15) is 0 Å². The van der Waals surface area contributed by atoms with Crippen LogP contribution in [0.15, 0.2) is 35.2 Å². The molecule has 0 amide bonds. The van der Waals surface area contributed by atoms with Gasteiger partial charge in [-0.25, -0.2) is 4.79 Å². The number of rotatable bonds is 3. The SMILES string of the molecule is CC(C)(C)OC(=O)C[S+]([O-])c1ccccc1. The van der Waals surface area contributed by atoms with Crippen molar-refractivity contribution in [1.82, 2.24) is 0 Å². The lowest BCUT2D eigenvalue weighted by Gasteiger charge is -2.19. The zero-order chi connectivity index (χ0) is 12.2. The summed E-state index contributed by atoms with van der Waals surface area (Å²) in [5.41, 5.74) is -0.530. The van der Waals surface area contributed by atoms with Gasteiger partial charge in [0.15, 0.2) is 4.90 Å². The molecule has 1 atom stereocenters. The fourth-order valence-corrected chi connectivity index (χ4v) is 2.03. The average Bonchev–Trinajstić information content (AvgIpc) is 2.16. The van der Waals surface area contributed by atoms with E-state index < -0.39 is 22.7 Å². The Morgan fingerprint density at radius 3 is 2.38 bits per heavy atom. The lowest BCUT2D eigenvalue weighted by atomic mass is 10.2. The third-order valence-electron chi connectivity index (χ3n) is 1.68. The summed E-state index contributed by atoms with van der Waals surface area (Å²) in [6.45, 7) is 5.36. The van der Waals surface area contributed by atoms with Crippen molar-refractivity contribution in [2.45, 2.75) is 31.3 Å². The highest BCUT2D eigenvalue weighted by molar-refractivity contribution is 7.92. The fourth-order valence-electron chi connectivity index (χ4n) is 1.13. The van der Waals surface area contributed by atoms with Crippen LogP contribution in [0.2, 0.25) is 0 Å². The first kappa shape index (κ1) is 13.1. The van der Waals surface area contributed by atoms with Crippen LogP contribution < -0.4 is 0 Å². The molecule has 0 saturated carbocycles. The van der Waals surface area contributed by atoms with Crippen molar-refractivity contribution in [2.24, 2.45) is 0 Å². The monoisotopic (exact) mass is 240 g/mol. The Kier molecular flexibility index (Phi) is 4.38. The Morgan fingerprint density at radius 2 is 1.88 bits per heavy atom. The van der Waals surface area contributed by atoms with E-state index in [0.717, 1.165) is 0 Å². The van der Waals surface area contributed by atoms with E-state index in [4.69, 9.17) is 4.74 Å². The van der Waals surface area contributed by atoms with E-state index in [1.54, 1.807) is 45.0 Å². The lowest BCUT2D eigenvalue weighted by Crippen LogP contribution is -2.28. The Morgan fingerprint density at radius 1 is 1.31 bits per heavy atom. The molecule has 1 aromatic rings. The summed E-state index contributed by atoms with van der Waals surface area (Å²) in [4.78, 5) is 12.1. The van der Waals surface area contributed by atoms with Gasteiger partial charge in [0.1, 0.15) is 5.60 Å². The number of benzene rings is 1. The van der Waals surface area contributed by atoms with E-state index in [1.165, 1.54) is 0 Å². The second kappa shape index (κ2) is 5.37. The van der Waals surface area contributed by atoms with Crippen LogP contribution in [0.25, 0.3) is 0 Å². The van der Waals surface area contributed by atoms with Gasteiger partial charge in [0.2, 0.25) is 5.75 Å². The molecule has 4 heteroatoms. The minimum atomic E-state index is -1.32. The Labute approximate surface area is 99.0 Å². The molecule has 0 saturated heterocycles. The molecule has 0 fully saturated rings. The molecule has 0 bridgehead atoms. The Balaban J connectivity index is 2.52. The standard InChI is InChI=1S/C12H16O3S/c1-12(2,3)15-11(13)9-16(14)10-7-5-4-6-8-10/h4-8H,9H2,1-3H3. The maximum absolute atomic E-state index is 11.8. The van der Waals surface area contributed by atoms with Crippen molar-refractivity contribution >= 4 is 17.1 Å². The van der Waals surface area contributed by atoms with Crippen molar-refractivity contribution in [3.63, 3.8) is 0 Å². The van der Waals surface area contributed by atoms with Crippen LogP contribution in [0.5, 0.6) is 0 Å². The third kappa shape index (κ3) is 4.68. The number of hydrogen-bond donors (Lipinski definition) is 0. The van der Waals surface area contributed by atoms with Gasteiger partial charge < -0.3 is 9.29 Å². The van der Waals surface area contributed by atoms with Crippen molar-refractivity contribution in [3.8, 4) is 0 Å². The highest BCUT2D eigenvalue weighted by Crippen LogP contribution is 2.13.